The van der Waals surface area contributed by atoms with Crippen LogP contribution in [0.1, 0.15) is 26.5 Å². The molecule has 2 rings (SSSR count). The zero-order valence-corrected chi connectivity index (χ0v) is 11.5. The van der Waals surface area contributed by atoms with Crippen LogP contribution >= 0.6 is 23.2 Å². The first-order valence-electron chi connectivity index (χ1n) is 5.35. The van der Waals surface area contributed by atoms with E-state index in [0.29, 0.717) is 21.2 Å². The van der Waals surface area contributed by atoms with E-state index < -0.39 is 0 Å². The fraction of sp³-hybridized carbons (Fsp3) is 0.308. The summed E-state index contributed by atoms with van der Waals surface area (Å²) in [5, 5.41) is 1.88. The summed E-state index contributed by atoms with van der Waals surface area (Å²) in [7, 11) is 0. The molecule has 0 atom stereocenters. The molecule has 0 fully saturated rings. The molecule has 0 amide bonds. The van der Waals surface area contributed by atoms with Gasteiger partial charge in [0.1, 0.15) is 0 Å². The Hall–Kier alpha value is -0.990. The van der Waals surface area contributed by atoms with Crippen LogP contribution in [0.5, 0.6) is 0 Å². The number of benzene rings is 1. The number of rotatable bonds is 0. The average molecular weight is 269 g/mol. The number of hydrogen-bond acceptors (Lipinski definition) is 2. The summed E-state index contributed by atoms with van der Waals surface area (Å²) in [6.07, 6.45) is 0. The van der Waals surface area contributed by atoms with Crippen molar-refractivity contribution in [3.63, 3.8) is 0 Å². The highest BCUT2D eigenvalue weighted by atomic mass is 35.5. The van der Waals surface area contributed by atoms with Gasteiger partial charge in [0.2, 0.25) is 0 Å². The van der Waals surface area contributed by atoms with Gasteiger partial charge in [-0.1, -0.05) is 44.0 Å². The fourth-order valence-corrected chi connectivity index (χ4v) is 2.14. The molecule has 4 heteroatoms. The number of nitrogen functional groups attached to an aromatic ring is 1. The summed E-state index contributed by atoms with van der Waals surface area (Å²) in [4.78, 5) is 4.57. The van der Waals surface area contributed by atoms with Crippen LogP contribution in [0.15, 0.2) is 18.2 Å². The molecular formula is C13H14Cl2N2. The van der Waals surface area contributed by atoms with Crippen molar-refractivity contribution < 1.29 is 0 Å². The van der Waals surface area contributed by atoms with Crippen molar-refractivity contribution in [2.75, 3.05) is 5.73 Å². The summed E-state index contributed by atoms with van der Waals surface area (Å²) in [6, 6.07) is 5.34. The van der Waals surface area contributed by atoms with Crippen molar-refractivity contribution in [3.05, 3.63) is 33.9 Å². The second-order valence-corrected chi connectivity index (χ2v) is 5.91. The molecule has 2 aromatic rings. The normalized spacial score (nSPS) is 12.1. The third kappa shape index (κ3) is 2.20. The Labute approximate surface area is 111 Å². The molecule has 1 heterocycles. The van der Waals surface area contributed by atoms with E-state index in [-0.39, 0.29) is 5.41 Å². The van der Waals surface area contributed by atoms with Crippen LogP contribution in [0, 0.1) is 0 Å². The Balaban J connectivity index is 2.87. The first-order chi connectivity index (χ1) is 7.80. The van der Waals surface area contributed by atoms with Gasteiger partial charge in [-0.2, -0.15) is 0 Å². The van der Waals surface area contributed by atoms with Crippen LogP contribution in [0.3, 0.4) is 0 Å². The molecule has 2 nitrogen and oxygen atoms in total. The Bertz CT molecular complexity index is 586. The van der Waals surface area contributed by atoms with Crippen LogP contribution in [0.2, 0.25) is 10.0 Å². The Morgan fingerprint density at radius 3 is 2.29 bits per heavy atom. The van der Waals surface area contributed by atoms with Crippen LogP contribution in [-0.2, 0) is 5.41 Å². The monoisotopic (exact) mass is 268 g/mol. The molecule has 90 valence electrons. The van der Waals surface area contributed by atoms with Crippen LogP contribution in [0.25, 0.3) is 10.9 Å². The first-order valence-corrected chi connectivity index (χ1v) is 6.11. The van der Waals surface area contributed by atoms with Crippen molar-refractivity contribution in [1.82, 2.24) is 4.98 Å². The van der Waals surface area contributed by atoms with Crippen molar-refractivity contribution in [3.8, 4) is 0 Å². The molecule has 2 N–H and O–H groups in total. The Morgan fingerprint density at radius 2 is 1.71 bits per heavy atom. The second-order valence-electron chi connectivity index (χ2n) is 5.10. The molecule has 0 radical (unpaired) electrons. The lowest BCUT2D eigenvalue weighted by molar-refractivity contribution is 0.572. The van der Waals surface area contributed by atoms with Crippen molar-refractivity contribution >= 4 is 39.8 Å². The highest BCUT2D eigenvalue weighted by Crippen LogP contribution is 2.35. The molecule has 17 heavy (non-hydrogen) atoms. The maximum atomic E-state index is 6.15. The largest absolute Gasteiger partial charge is 0.398 e. The molecule has 0 spiro atoms. The van der Waals surface area contributed by atoms with Gasteiger partial charge in [-0.25, -0.2) is 0 Å². The summed E-state index contributed by atoms with van der Waals surface area (Å²) < 4.78 is 0. The van der Waals surface area contributed by atoms with Crippen LogP contribution < -0.4 is 5.73 Å². The molecular weight excluding hydrogens is 255 g/mol. The highest BCUT2D eigenvalue weighted by Gasteiger charge is 2.19. The van der Waals surface area contributed by atoms with Crippen molar-refractivity contribution in [1.29, 1.82) is 0 Å². The number of anilines is 1. The average Bonchev–Trinajstić information content (AvgIpc) is 2.21. The Morgan fingerprint density at radius 1 is 1.12 bits per heavy atom. The minimum absolute atomic E-state index is 0.0754. The van der Waals surface area contributed by atoms with Crippen molar-refractivity contribution in [2.45, 2.75) is 26.2 Å². The smallest absolute Gasteiger partial charge is 0.0927 e. The van der Waals surface area contributed by atoms with Gasteiger partial charge < -0.3 is 5.73 Å². The number of hydrogen-bond donors (Lipinski definition) is 1. The van der Waals surface area contributed by atoms with Gasteiger partial charge in [-0.15, -0.1) is 0 Å². The lowest BCUT2D eigenvalue weighted by Crippen LogP contribution is -2.14. The van der Waals surface area contributed by atoms with Gasteiger partial charge in [-0.05, 0) is 18.2 Å². The molecule has 0 saturated heterocycles. The zero-order chi connectivity index (χ0) is 12.8. The van der Waals surface area contributed by atoms with Gasteiger partial charge in [0.05, 0.1) is 15.6 Å². The van der Waals surface area contributed by atoms with Gasteiger partial charge in [-0.3, -0.25) is 4.98 Å². The third-order valence-corrected chi connectivity index (χ3v) is 3.28. The number of aromatic nitrogens is 1. The van der Waals surface area contributed by atoms with Gasteiger partial charge in [0.15, 0.2) is 0 Å². The Kier molecular flexibility index (Phi) is 2.96. The quantitative estimate of drug-likeness (QED) is 0.768. The lowest BCUT2D eigenvalue weighted by atomic mass is 9.91. The van der Waals surface area contributed by atoms with E-state index in [2.05, 4.69) is 25.8 Å². The maximum Gasteiger partial charge on any atom is 0.0927 e. The second kappa shape index (κ2) is 4.04. The molecule has 0 saturated carbocycles. The lowest BCUT2D eigenvalue weighted by Gasteiger charge is -2.19. The highest BCUT2D eigenvalue weighted by molar-refractivity contribution is 6.40. The summed E-state index contributed by atoms with van der Waals surface area (Å²) in [5.41, 5.74) is 8.16. The summed E-state index contributed by atoms with van der Waals surface area (Å²) in [5.74, 6) is 0. The zero-order valence-electron chi connectivity index (χ0n) is 10.0. The topological polar surface area (TPSA) is 38.9 Å². The fourth-order valence-electron chi connectivity index (χ4n) is 1.68. The number of fused-ring (bicyclic) bond motifs is 1. The van der Waals surface area contributed by atoms with E-state index in [9.17, 15) is 0 Å². The van der Waals surface area contributed by atoms with Gasteiger partial charge >= 0.3 is 0 Å². The molecule has 1 aromatic heterocycles. The summed E-state index contributed by atoms with van der Waals surface area (Å²) >= 11 is 12.3. The van der Waals surface area contributed by atoms with Crippen LogP contribution in [0.4, 0.5) is 5.69 Å². The number of pyridine rings is 1. The number of halogens is 2. The minimum Gasteiger partial charge on any atom is -0.398 e. The van der Waals surface area contributed by atoms with Crippen LogP contribution in [-0.4, -0.2) is 4.98 Å². The predicted octanol–water partition coefficient (Wildman–Crippen LogP) is 4.42. The molecule has 0 bridgehead atoms. The van der Waals surface area contributed by atoms with E-state index in [1.165, 1.54) is 0 Å². The first kappa shape index (κ1) is 12.5. The third-order valence-electron chi connectivity index (χ3n) is 2.66. The number of nitrogens with two attached hydrogens (primary N) is 1. The van der Waals surface area contributed by atoms with E-state index >= 15 is 0 Å². The molecule has 0 aliphatic heterocycles. The molecule has 0 unspecified atom stereocenters. The molecule has 1 aromatic carbocycles. The van der Waals surface area contributed by atoms with E-state index in [4.69, 9.17) is 28.9 Å². The predicted molar refractivity (Wildman–Crippen MR) is 74.9 cm³/mol. The van der Waals surface area contributed by atoms with Crippen molar-refractivity contribution in [2.24, 2.45) is 0 Å². The standard InChI is InChI=1S/C13H14Cl2N2/c1-13(2,3)10-6-9(16)11-7(14)4-5-8(15)12(11)17-10/h4-6H,1-3H3,(H2,16,17). The van der Waals surface area contributed by atoms with E-state index in [0.717, 1.165) is 11.1 Å². The SMILES string of the molecule is CC(C)(C)c1cc(N)c2c(Cl)ccc(Cl)c2n1. The molecule has 0 aliphatic carbocycles. The summed E-state index contributed by atoms with van der Waals surface area (Å²) in [6.45, 7) is 6.25. The van der Waals surface area contributed by atoms with E-state index in [1.807, 2.05) is 6.07 Å². The van der Waals surface area contributed by atoms with E-state index in [1.54, 1.807) is 12.1 Å². The van der Waals surface area contributed by atoms with Gasteiger partial charge in [0, 0.05) is 22.2 Å². The number of nitrogens with zero attached hydrogens (tertiary/aromatic N) is 1. The molecule has 0 aliphatic rings. The minimum atomic E-state index is -0.0754. The maximum absolute atomic E-state index is 6.15. The van der Waals surface area contributed by atoms with Gasteiger partial charge in [0.25, 0.3) is 0 Å².